The van der Waals surface area contributed by atoms with Gasteiger partial charge < -0.3 is 5.32 Å². The molecule has 1 aromatic heterocycles. The molecule has 0 saturated heterocycles. The van der Waals surface area contributed by atoms with Crippen molar-refractivity contribution in [3.05, 3.63) is 30.1 Å². The van der Waals surface area contributed by atoms with Crippen LogP contribution < -0.4 is 5.32 Å². The minimum Gasteiger partial charge on any atom is -0.310 e. The molecule has 0 spiro atoms. The van der Waals surface area contributed by atoms with E-state index < -0.39 is 11.9 Å². The van der Waals surface area contributed by atoms with E-state index in [1.165, 1.54) is 23.7 Å². The maximum absolute atomic E-state index is 12.3. The van der Waals surface area contributed by atoms with E-state index in [4.69, 9.17) is 0 Å². The Hall–Kier alpha value is -1.30. The number of rotatable bonds is 5. The first-order valence-corrected chi connectivity index (χ1v) is 5.46. The third-order valence-electron chi connectivity index (χ3n) is 2.53. The molecule has 1 aliphatic rings. The molecule has 17 heavy (non-hydrogen) atoms. The minimum absolute atomic E-state index is 0.315. The number of alkyl halides is 3. The Morgan fingerprint density at radius 1 is 1.53 bits per heavy atom. The molecule has 1 N–H and O–H groups in total. The highest BCUT2D eigenvalue weighted by Gasteiger charge is 2.33. The molecular formula is C11H14F3N3. The third kappa shape index (κ3) is 3.59. The molecule has 94 valence electrons. The van der Waals surface area contributed by atoms with E-state index in [0.29, 0.717) is 19.1 Å². The Kier molecular flexibility index (Phi) is 3.24. The number of hydrogen-bond acceptors (Lipinski definition) is 2. The lowest BCUT2D eigenvalue weighted by Gasteiger charge is -2.07. The van der Waals surface area contributed by atoms with Gasteiger partial charge in [0, 0.05) is 18.8 Å². The van der Waals surface area contributed by atoms with Crippen molar-refractivity contribution in [1.29, 1.82) is 0 Å². The third-order valence-corrected chi connectivity index (χ3v) is 2.53. The number of halogens is 3. The largest absolute Gasteiger partial charge is 0.435 e. The number of aromatic nitrogens is 2. The fourth-order valence-corrected chi connectivity index (χ4v) is 1.46. The first-order chi connectivity index (χ1) is 7.95. The van der Waals surface area contributed by atoms with Crippen molar-refractivity contribution < 1.29 is 13.2 Å². The summed E-state index contributed by atoms with van der Waals surface area (Å²) in [4.78, 5) is 0. The van der Waals surface area contributed by atoms with E-state index in [2.05, 4.69) is 17.0 Å². The van der Waals surface area contributed by atoms with Crippen LogP contribution in [-0.4, -0.2) is 22.4 Å². The van der Waals surface area contributed by atoms with Gasteiger partial charge in [0.15, 0.2) is 5.69 Å². The highest BCUT2D eigenvalue weighted by Crippen LogP contribution is 2.27. The normalized spacial score (nSPS) is 16.2. The molecule has 2 rings (SSSR count). The van der Waals surface area contributed by atoms with Gasteiger partial charge in [0.25, 0.3) is 0 Å². The van der Waals surface area contributed by atoms with E-state index in [9.17, 15) is 13.2 Å². The Morgan fingerprint density at radius 3 is 2.76 bits per heavy atom. The molecule has 1 aromatic rings. The molecule has 0 radical (unpaired) electrons. The van der Waals surface area contributed by atoms with Crippen LogP contribution >= 0.6 is 0 Å². The van der Waals surface area contributed by atoms with E-state index >= 15 is 0 Å². The van der Waals surface area contributed by atoms with Gasteiger partial charge >= 0.3 is 6.18 Å². The zero-order chi connectivity index (χ0) is 12.5. The molecule has 1 heterocycles. The molecule has 0 aliphatic heterocycles. The summed E-state index contributed by atoms with van der Waals surface area (Å²) in [5.41, 5.74) is -0.0332. The summed E-state index contributed by atoms with van der Waals surface area (Å²) in [5, 5.41) is 6.72. The molecule has 3 nitrogen and oxygen atoms in total. The lowest BCUT2D eigenvalue weighted by molar-refractivity contribution is -0.141. The van der Waals surface area contributed by atoms with Crippen LogP contribution in [0.1, 0.15) is 18.5 Å². The Labute approximate surface area is 97.3 Å². The number of hydrogen-bond donors (Lipinski definition) is 1. The lowest BCUT2D eigenvalue weighted by Crippen LogP contribution is -2.21. The summed E-state index contributed by atoms with van der Waals surface area (Å²) in [5.74, 6) is 0. The van der Waals surface area contributed by atoms with Crippen molar-refractivity contribution in [1.82, 2.24) is 15.1 Å². The number of nitrogens with zero attached hydrogens (tertiary/aromatic N) is 2. The SMILES string of the molecule is C=C(CNC1CC1)Cn1ccc(C(F)(F)F)n1. The molecule has 1 aliphatic carbocycles. The minimum atomic E-state index is -4.38. The van der Waals surface area contributed by atoms with Crippen molar-refractivity contribution in [3.8, 4) is 0 Å². The topological polar surface area (TPSA) is 29.9 Å². The maximum Gasteiger partial charge on any atom is 0.435 e. The van der Waals surface area contributed by atoms with Gasteiger partial charge in [-0.25, -0.2) is 0 Å². The zero-order valence-corrected chi connectivity index (χ0v) is 9.30. The molecule has 1 fully saturated rings. The highest BCUT2D eigenvalue weighted by atomic mass is 19.4. The van der Waals surface area contributed by atoms with Crippen LogP contribution in [0.15, 0.2) is 24.4 Å². The average molecular weight is 245 g/mol. The molecule has 0 aromatic carbocycles. The first kappa shape index (κ1) is 12.2. The molecule has 0 amide bonds. The van der Waals surface area contributed by atoms with Crippen molar-refractivity contribution >= 4 is 0 Å². The second-order valence-corrected chi connectivity index (χ2v) is 4.30. The summed E-state index contributed by atoms with van der Waals surface area (Å²) < 4.78 is 38.1. The van der Waals surface area contributed by atoms with Gasteiger partial charge in [0.2, 0.25) is 0 Å². The van der Waals surface area contributed by atoms with Crippen LogP contribution in [0.5, 0.6) is 0 Å². The molecule has 0 atom stereocenters. The van der Waals surface area contributed by atoms with Gasteiger partial charge in [-0.3, -0.25) is 4.68 Å². The molecule has 1 saturated carbocycles. The Morgan fingerprint density at radius 2 is 2.24 bits per heavy atom. The summed E-state index contributed by atoms with van der Waals surface area (Å²) in [6, 6.07) is 1.54. The summed E-state index contributed by atoms with van der Waals surface area (Å²) in [7, 11) is 0. The monoisotopic (exact) mass is 245 g/mol. The quantitative estimate of drug-likeness (QED) is 0.806. The second kappa shape index (κ2) is 4.52. The smallest absolute Gasteiger partial charge is 0.310 e. The summed E-state index contributed by atoms with van der Waals surface area (Å²) in [6.45, 7) is 4.76. The molecule has 0 bridgehead atoms. The van der Waals surface area contributed by atoms with Gasteiger partial charge in [-0.2, -0.15) is 18.3 Å². The number of nitrogens with one attached hydrogen (secondary N) is 1. The molecule has 6 heteroatoms. The lowest BCUT2D eigenvalue weighted by atomic mass is 10.3. The van der Waals surface area contributed by atoms with Gasteiger partial charge in [0.1, 0.15) is 0 Å². The molecule has 0 unspecified atom stereocenters. The molecular weight excluding hydrogens is 231 g/mol. The van der Waals surface area contributed by atoms with Crippen LogP contribution in [0, 0.1) is 0 Å². The second-order valence-electron chi connectivity index (χ2n) is 4.30. The van der Waals surface area contributed by atoms with Crippen molar-refractivity contribution in [2.24, 2.45) is 0 Å². The van der Waals surface area contributed by atoms with Crippen LogP contribution in [0.2, 0.25) is 0 Å². The van der Waals surface area contributed by atoms with Crippen LogP contribution in [0.3, 0.4) is 0 Å². The van der Waals surface area contributed by atoms with Gasteiger partial charge in [-0.05, 0) is 24.5 Å². The van der Waals surface area contributed by atoms with Crippen LogP contribution in [0.25, 0.3) is 0 Å². The van der Waals surface area contributed by atoms with E-state index in [-0.39, 0.29) is 0 Å². The van der Waals surface area contributed by atoms with Crippen molar-refractivity contribution in [2.45, 2.75) is 31.6 Å². The first-order valence-electron chi connectivity index (χ1n) is 5.46. The van der Waals surface area contributed by atoms with Gasteiger partial charge in [-0.15, -0.1) is 0 Å². The van der Waals surface area contributed by atoms with Crippen LogP contribution in [0.4, 0.5) is 13.2 Å². The van der Waals surface area contributed by atoms with Crippen molar-refractivity contribution in [3.63, 3.8) is 0 Å². The van der Waals surface area contributed by atoms with E-state index in [0.717, 1.165) is 11.6 Å². The predicted molar refractivity (Wildman–Crippen MR) is 57.4 cm³/mol. The average Bonchev–Trinajstić information content (AvgIpc) is 2.93. The van der Waals surface area contributed by atoms with Crippen molar-refractivity contribution in [2.75, 3.05) is 6.54 Å². The van der Waals surface area contributed by atoms with E-state index in [1.54, 1.807) is 0 Å². The van der Waals surface area contributed by atoms with Gasteiger partial charge in [0.05, 0.1) is 6.54 Å². The maximum atomic E-state index is 12.3. The van der Waals surface area contributed by atoms with E-state index in [1.807, 2.05) is 0 Å². The Bertz CT molecular complexity index is 404. The fraction of sp³-hybridized carbons (Fsp3) is 0.545. The summed E-state index contributed by atoms with van der Waals surface area (Å²) >= 11 is 0. The predicted octanol–water partition coefficient (Wildman–Crippen LogP) is 2.21. The van der Waals surface area contributed by atoms with Crippen LogP contribution in [-0.2, 0) is 12.7 Å². The standard InChI is InChI=1S/C11H14F3N3/c1-8(6-15-9-2-3-9)7-17-5-4-10(16-17)11(12,13)14/h4-5,9,15H,1-3,6-7H2. The fourth-order valence-electron chi connectivity index (χ4n) is 1.46. The highest BCUT2D eigenvalue weighted by molar-refractivity contribution is 5.06. The Balaban J connectivity index is 1.85. The van der Waals surface area contributed by atoms with Gasteiger partial charge in [-0.1, -0.05) is 6.58 Å². The zero-order valence-electron chi connectivity index (χ0n) is 9.30. The summed E-state index contributed by atoms with van der Waals surface area (Å²) in [6.07, 6.45) is -0.704.